The second-order valence-electron chi connectivity index (χ2n) is 3.91. The molecule has 1 fully saturated rings. The molecule has 1 rings (SSSR count). The Bertz CT molecular complexity index is 203. The van der Waals surface area contributed by atoms with Crippen molar-refractivity contribution < 1.29 is 19.4 Å². The van der Waals surface area contributed by atoms with Gasteiger partial charge in [0.1, 0.15) is 5.41 Å². The number of hydrogen-bond donors (Lipinski definition) is 1. The van der Waals surface area contributed by atoms with Crippen molar-refractivity contribution in [3.05, 3.63) is 0 Å². The lowest BCUT2D eigenvalue weighted by Gasteiger charge is -2.32. The van der Waals surface area contributed by atoms with Gasteiger partial charge in [0.25, 0.3) is 0 Å². The minimum absolute atomic E-state index is 0.486. The molecule has 0 heterocycles. The molecule has 4 nitrogen and oxygen atoms in total. The highest BCUT2D eigenvalue weighted by molar-refractivity contribution is 5.75. The van der Waals surface area contributed by atoms with Gasteiger partial charge < -0.3 is 14.6 Å². The topological polar surface area (TPSA) is 55.8 Å². The van der Waals surface area contributed by atoms with E-state index in [2.05, 4.69) is 0 Å². The molecule has 1 saturated carbocycles. The SMILES string of the molecule is CCOC(OCC)C1(C(=O)O)CCCC1. The summed E-state index contributed by atoms with van der Waals surface area (Å²) < 4.78 is 10.9. The van der Waals surface area contributed by atoms with Crippen molar-refractivity contribution in [3.8, 4) is 0 Å². The zero-order chi connectivity index (χ0) is 11.3. The second-order valence-corrected chi connectivity index (χ2v) is 3.91. The van der Waals surface area contributed by atoms with Crippen molar-refractivity contribution in [2.75, 3.05) is 13.2 Å². The van der Waals surface area contributed by atoms with E-state index >= 15 is 0 Å². The fraction of sp³-hybridized carbons (Fsp3) is 0.909. The van der Waals surface area contributed by atoms with Crippen LogP contribution in [0.5, 0.6) is 0 Å². The Labute approximate surface area is 90.6 Å². The number of aliphatic carboxylic acids is 1. The first-order valence-corrected chi connectivity index (χ1v) is 5.64. The third kappa shape index (κ3) is 2.49. The maximum absolute atomic E-state index is 11.4. The monoisotopic (exact) mass is 216 g/mol. The van der Waals surface area contributed by atoms with Crippen LogP contribution in [0.4, 0.5) is 0 Å². The molecule has 0 aliphatic heterocycles. The van der Waals surface area contributed by atoms with E-state index in [-0.39, 0.29) is 0 Å². The number of rotatable bonds is 6. The van der Waals surface area contributed by atoms with Crippen LogP contribution in [0.1, 0.15) is 39.5 Å². The van der Waals surface area contributed by atoms with Crippen LogP contribution in [0.15, 0.2) is 0 Å². The Kier molecular flexibility index (Phi) is 4.54. The number of ether oxygens (including phenoxy) is 2. The van der Waals surface area contributed by atoms with Crippen LogP contribution >= 0.6 is 0 Å². The van der Waals surface area contributed by atoms with Gasteiger partial charge in [-0.05, 0) is 26.7 Å². The van der Waals surface area contributed by atoms with E-state index in [9.17, 15) is 9.90 Å². The van der Waals surface area contributed by atoms with Gasteiger partial charge in [-0.3, -0.25) is 4.79 Å². The van der Waals surface area contributed by atoms with Crippen LogP contribution in [0.2, 0.25) is 0 Å². The number of carboxylic acids is 1. The summed E-state index contributed by atoms with van der Waals surface area (Å²) in [5.41, 5.74) is -0.813. The Balaban J connectivity index is 2.78. The van der Waals surface area contributed by atoms with Gasteiger partial charge in [-0.2, -0.15) is 0 Å². The van der Waals surface area contributed by atoms with Gasteiger partial charge in [-0.1, -0.05) is 12.8 Å². The van der Waals surface area contributed by atoms with Crippen molar-refractivity contribution in [2.45, 2.75) is 45.8 Å². The largest absolute Gasteiger partial charge is 0.481 e. The van der Waals surface area contributed by atoms with Gasteiger partial charge in [0.05, 0.1) is 0 Å². The third-order valence-electron chi connectivity index (χ3n) is 3.01. The first kappa shape index (κ1) is 12.5. The van der Waals surface area contributed by atoms with Gasteiger partial charge in [0.15, 0.2) is 6.29 Å². The Morgan fingerprint density at radius 3 is 2.07 bits per heavy atom. The van der Waals surface area contributed by atoms with Crippen LogP contribution in [-0.4, -0.2) is 30.6 Å². The summed E-state index contributed by atoms with van der Waals surface area (Å²) in [6.45, 7) is 4.69. The van der Waals surface area contributed by atoms with Gasteiger partial charge in [0.2, 0.25) is 0 Å². The van der Waals surface area contributed by atoms with E-state index in [1.54, 1.807) is 0 Å². The molecule has 0 aromatic carbocycles. The van der Waals surface area contributed by atoms with Crippen molar-refractivity contribution in [1.29, 1.82) is 0 Å². The molecule has 0 bridgehead atoms. The summed E-state index contributed by atoms with van der Waals surface area (Å²) in [4.78, 5) is 11.4. The zero-order valence-corrected chi connectivity index (χ0v) is 9.49. The van der Waals surface area contributed by atoms with Gasteiger partial charge >= 0.3 is 5.97 Å². The van der Waals surface area contributed by atoms with Crippen LogP contribution in [0, 0.1) is 5.41 Å². The fourth-order valence-corrected chi connectivity index (χ4v) is 2.23. The van der Waals surface area contributed by atoms with Crippen LogP contribution in [0.3, 0.4) is 0 Å². The predicted molar refractivity (Wildman–Crippen MR) is 55.6 cm³/mol. The molecule has 88 valence electrons. The number of hydrogen-bond acceptors (Lipinski definition) is 3. The molecule has 1 aliphatic rings. The Hall–Kier alpha value is -0.610. The molecule has 0 radical (unpaired) electrons. The summed E-state index contributed by atoms with van der Waals surface area (Å²) in [6, 6.07) is 0. The predicted octanol–water partition coefficient (Wildman–Crippen LogP) is 2.03. The summed E-state index contributed by atoms with van der Waals surface area (Å²) in [5.74, 6) is -0.785. The lowest BCUT2D eigenvalue weighted by Crippen LogP contribution is -2.43. The van der Waals surface area contributed by atoms with Crippen molar-refractivity contribution in [1.82, 2.24) is 0 Å². The molecule has 0 aromatic heterocycles. The molecular formula is C11H20O4. The molecule has 1 aliphatic carbocycles. The lowest BCUT2D eigenvalue weighted by molar-refractivity contribution is -0.214. The number of carboxylic acid groups (broad SMARTS) is 1. The molecule has 0 atom stereocenters. The molecule has 0 spiro atoms. The Morgan fingerprint density at radius 1 is 1.27 bits per heavy atom. The van der Waals surface area contributed by atoms with Gasteiger partial charge in [0, 0.05) is 13.2 Å². The maximum atomic E-state index is 11.4. The summed E-state index contributed by atoms with van der Waals surface area (Å²) >= 11 is 0. The lowest BCUT2D eigenvalue weighted by atomic mass is 9.85. The second kappa shape index (κ2) is 5.47. The van der Waals surface area contributed by atoms with Crippen molar-refractivity contribution >= 4 is 5.97 Å². The Morgan fingerprint density at radius 2 is 1.73 bits per heavy atom. The average Bonchev–Trinajstić information content (AvgIpc) is 2.67. The van der Waals surface area contributed by atoms with Crippen molar-refractivity contribution in [2.24, 2.45) is 5.41 Å². The molecule has 0 aromatic rings. The van der Waals surface area contributed by atoms with E-state index in [1.165, 1.54) is 0 Å². The maximum Gasteiger partial charge on any atom is 0.314 e. The van der Waals surface area contributed by atoms with E-state index in [0.29, 0.717) is 26.1 Å². The van der Waals surface area contributed by atoms with E-state index < -0.39 is 17.7 Å². The molecule has 0 saturated heterocycles. The summed E-state index contributed by atoms with van der Waals surface area (Å²) in [5, 5.41) is 9.33. The van der Waals surface area contributed by atoms with E-state index in [0.717, 1.165) is 12.8 Å². The average molecular weight is 216 g/mol. The van der Waals surface area contributed by atoms with Crippen LogP contribution < -0.4 is 0 Å². The number of carbonyl (C=O) groups is 1. The van der Waals surface area contributed by atoms with Crippen LogP contribution in [-0.2, 0) is 14.3 Å². The highest BCUT2D eigenvalue weighted by Crippen LogP contribution is 2.43. The normalized spacial score (nSPS) is 19.7. The summed E-state index contributed by atoms with van der Waals surface area (Å²) in [7, 11) is 0. The molecule has 0 unspecified atom stereocenters. The minimum Gasteiger partial charge on any atom is -0.481 e. The third-order valence-corrected chi connectivity index (χ3v) is 3.01. The molecule has 4 heteroatoms. The highest BCUT2D eigenvalue weighted by Gasteiger charge is 2.49. The zero-order valence-electron chi connectivity index (χ0n) is 9.49. The molecule has 15 heavy (non-hydrogen) atoms. The highest BCUT2D eigenvalue weighted by atomic mass is 16.7. The van der Waals surface area contributed by atoms with E-state index in [1.807, 2.05) is 13.8 Å². The van der Waals surface area contributed by atoms with E-state index in [4.69, 9.17) is 9.47 Å². The fourth-order valence-electron chi connectivity index (χ4n) is 2.23. The van der Waals surface area contributed by atoms with Crippen LogP contribution in [0.25, 0.3) is 0 Å². The molecular weight excluding hydrogens is 196 g/mol. The molecule has 0 amide bonds. The minimum atomic E-state index is -0.813. The molecule has 1 N–H and O–H groups in total. The quantitative estimate of drug-likeness (QED) is 0.690. The smallest absolute Gasteiger partial charge is 0.314 e. The first-order valence-electron chi connectivity index (χ1n) is 5.64. The standard InChI is InChI=1S/C11H20O4/c1-3-14-10(15-4-2)11(9(12)13)7-5-6-8-11/h10H,3-8H2,1-2H3,(H,12,13). The first-order chi connectivity index (χ1) is 7.17. The van der Waals surface area contributed by atoms with Gasteiger partial charge in [-0.15, -0.1) is 0 Å². The summed E-state index contributed by atoms with van der Waals surface area (Å²) in [6.07, 6.45) is 2.62. The van der Waals surface area contributed by atoms with Crippen molar-refractivity contribution in [3.63, 3.8) is 0 Å². The van der Waals surface area contributed by atoms with Gasteiger partial charge in [-0.25, -0.2) is 0 Å².